The molecule has 1 saturated heterocycles. The number of hydrogen-bond donors (Lipinski definition) is 2. The summed E-state index contributed by atoms with van der Waals surface area (Å²) >= 11 is 0. The van der Waals surface area contributed by atoms with Crippen molar-refractivity contribution in [2.24, 2.45) is 0 Å². The van der Waals surface area contributed by atoms with E-state index >= 15 is 0 Å². The van der Waals surface area contributed by atoms with E-state index < -0.39 is 36.6 Å². The Hall–Kier alpha value is -3.28. The molecule has 2 atom stereocenters. The van der Waals surface area contributed by atoms with Crippen LogP contribution in [0.1, 0.15) is 33.0 Å². The summed E-state index contributed by atoms with van der Waals surface area (Å²) in [7, 11) is 1.85. The van der Waals surface area contributed by atoms with Crippen LogP contribution in [-0.4, -0.2) is 64.8 Å². The number of anilines is 1. The number of ether oxygens (including phenoxy) is 1. The van der Waals surface area contributed by atoms with Crippen molar-refractivity contribution in [3.63, 3.8) is 0 Å². The zero-order valence-corrected chi connectivity index (χ0v) is 21.2. The van der Waals surface area contributed by atoms with Crippen LogP contribution in [0.5, 0.6) is 0 Å². The van der Waals surface area contributed by atoms with Crippen molar-refractivity contribution in [1.29, 1.82) is 0 Å². The van der Waals surface area contributed by atoms with E-state index in [1.165, 1.54) is 6.07 Å². The average Bonchev–Trinajstić information content (AvgIpc) is 3.37. The molecule has 12 heteroatoms. The lowest BCUT2D eigenvalue weighted by Crippen LogP contribution is -2.46. The molecule has 3 heterocycles. The van der Waals surface area contributed by atoms with Crippen LogP contribution in [0.3, 0.4) is 0 Å². The van der Waals surface area contributed by atoms with Crippen molar-refractivity contribution in [3.8, 4) is 11.4 Å². The third-order valence-electron chi connectivity index (χ3n) is 6.00. The summed E-state index contributed by atoms with van der Waals surface area (Å²) in [6, 6.07) is 7.57. The molecule has 0 aliphatic carbocycles. The predicted molar refractivity (Wildman–Crippen MR) is 131 cm³/mol. The number of hydrogen-bond acceptors (Lipinski definition) is 6. The molecule has 2 aromatic heterocycles. The van der Waals surface area contributed by atoms with E-state index in [4.69, 9.17) is 9.26 Å². The fourth-order valence-electron chi connectivity index (χ4n) is 4.38. The molecule has 37 heavy (non-hydrogen) atoms. The molecule has 202 valence electrons. The van der Waals surface area contributed by atoms with Gasteiger partial charge in [-0.1, -0.05) is 11.2 Å². The molecule has 1 aromatic carbocycles. The van der Waals surface area contributed by atoms with Crippen molar-refractivity contribution in [2.75, 3.05) is 25.5 Å². The number of alkyl halides is 4. The van der Waals surface area contributed by atoms with Crippen LogP contribution in [0.15, 0.2) is 34.9 Å². The Morgan fingerprint density at radius 1 is 1.24 bits per heavy atom. The summed E-state index contributed by atoms with van der Waals surface area (Å²) in [5.74, 6) is 0.245. The van der Waals surface area contributed by atoms with Crippen molar-refractivity contribution < 1.29 is 31.6 Å². The molecule has 2 N–H and O–H groups in total. The normalized spacial score (nSPS) is 19.2. The maximum absolute atomic E-state index is 14.7. The Morgan fingerprint density at radius 2 is 2.00 bits per heavy atom. The SMILES string of the molecule is CN1CC[C@@H](Nc2cccc3c2cc(-c2cc(CNC(=O)OC(C)(C)C)on2)n3CC(F)(F)F)[C@@H](F)C1. The maximum atomic E-state index is 14.7. The van der Waals surface area contributed by atoms with Crippen molar-refractivity contribution >= 4 is 22.7 Å². The first-order chi connectivity index (χ1) is 17.3. The summed E-state index contributed by atoms with van der Waals surface area (Å²) in [5, 5.41) is 10.2. The molecule has 8 nitrogen and oxygen atoms in total. The third kappa shape index (κ3) is 6.73. The predicted octanol–water partition coefficient (Wildman–Crippen LogP) is 5.34. The number of piperidine rings is 1. The highest BCUT2D eigenvalue weighted by molar-refractivity contribution is 5.96. The van der Waals surface area contributed by atoms with Crippen LogP contribution in [-0.2, 0) is 17.8 Å². The van der Waals surface area contributed by atoms with Gasteiger partial charge in [0, 0.05) is 30.2 Å². The number of nitrogens with one attached hydrogen (secondary N) is 2. The van der Waals surface area contributed by atoms with Gasteiger partial charge in [-0.3, -0.25) is 0 Å². The van der Waals surface area contributed by atoms with Crippen molar-refractivity contribution in [3.05, 3.63) is 36.1 Å². The van der Waals surface area contributed by atoms with E-state index in [1.54, 1.807) is 45.0 Å². The largest absolute Gasteiger partial charge is 0.444 e. The highest BCUT2D eigenvalue weighted by Gasteiger charge is 2.32. The van der Waals surface area contributed by atoms with E-state index in [1.807, 2.05) is 11.9 Å². The Balaban J connectivity index is 1.63. The van der Waals surface area contributed by atoms with Gasteiger partial charge in [0.05, 0.1) is 23.8 Å². The summed E-state index contributed by atoms with van der Waals surface area (Å²) < 4.78 is 66.9. The van der Waals surface area contributed by atoms with Gasteiger partial charge in [0.25, 0.3) is 0 Å². The number of aromatic nitrogens is 2. The van der Waals surface area contributed by atoms with Crippen LogP contribution in [0.4, 0.5) is 28.0 Å². The van der Waals surface area contributed by atoms with Gasteiger partial charge in [-0.05, 0) is 52.4 Å². The molecule has 4 rings (SSSR count). The van der Waals surface area contributed by atoms with E-state index in [9.17, 15) is 22.4 Å². The second kappa shape index (κ2) is 10.2. The van der Waals surface area contributed by atoms with Crippen molar-refractivity contribution in [1.82, 2.24) is 19.9 Å². The summed E-state index contributed by atoms with van der Waals surface area (Å²) in [6.45, 7) is 4.88. The minimum absolute atomic E-state index is 0.0533. The first kappa shape index (κ1) is 26.8. The zero-order chi connectivity index (χ0) is 27.0. The van der Waals surface area contributed by atoms with E-state index in [0.29, 0.717) is 29.6 Å². The van der Waals surface area contributed by atoms with Gasteiger partial charge in [0.15, 0.2) is 5.76 Å². The van der Waals surface area contributed by atoms with Crippen LogP contribution in [0.25, 0.3) is 22.3 Å². The Labute approximate surface area is 211 Å². The molecular weight excluding hydrogens is 494 g/mol. The molecule has 1 fully saturated rings. The third-order valence-corrected chi connectivity index (χ3v) is 6.00. The molecule has 1 amide bonds. The molecule has 1 aliphatic rings. The monoisotopic (exact) mass is 525 g/mol. The lowest BCUT2D eigenvalue weighted by Gasteiger charge is -2.33. The average molecular weight is 526 g/mol. The summed E-state index contributed by atoms with van der Waals surface area (Å²) in [4.78, 5) is 13.8. The lowest BCUT2D eigenvalue weighted by molar-refractivity contribution is -0.139. The highest BCUT2D eigenvalue weighted by Crippen LogP contribution is 2.35. The standard InChI is InChI=1S/C25H31F4N5O3/c1-24(2,3)36-23(35)30-12-15-10-20(32-37-15)22-11-16-18(31-19-8-9-33(4)13-17(19)26)6-5-7-21(16)34(22)14-25(27,28)29/h5-7,10-11,17,19,31H,8-9,12-14H2,1-4H3,(H,30,35)/t17-,19+/m0/s1. The topological polar surface area (TPSA) is 84.6 Å². The molecule has 0 unspecified atom stereocenters. The molecule has 1 aliphatic heterocycles. The quantitative estimate of drug-likeness (QED) is 0.423. The Kier molecular flexibility index (Phi) is 7.40. The van der Waals surface area contributed by atoms with E-state index in [0.717, 1.165) is 4.57 Å². The maximum Gasteiger partial charge on any atom is 0.408 e. The second-order valence-corrected chi connectivity index (χ2v) is 10.3. The van der Waals surface area contributed by atoms with E-state index in [-0.39, 0.29) is 30.2 Å². The smallest absolute Gasteiger partial charge is 0.408 e. The number of benzene rings is 1. The Morgan fingerprint density at radius 3 is 2.68 bits per heavy atom. The number of rotatable bonds is 6. The van der Waals surface area contributed by atoms with Crippen LogP contribution < -0.4 is 10.6 Å². The van der Waals surface area contributed by atoms with Crippen LogP contribution in [0.2, 0.25) is 0 Å². The number of carbonyl (C=O) groups is 1. The minimum Gasteiger partial charge on any atom is -0.444 e. The van der Waals surface area contributed by atoms with Gasteiger partial charge in [0.1, 0.15) is 24.0 Å². The fourth-order valence-corrected chi connectivity index (χ4v) is 4.38. The Bertz CT molecular complexity index is 1250. The van der Waals surface area contributed by atoms with Gasteiger partial charge in [0.2, 0.25) is 0 Å². The number of likely N-dealkylation sites (tertiary alicyclic amines) is 1. The summed E-state index contributed by atoms with van der Waals surface area (Å²) in [6.07, 6.45) is -5.69. The van der Waals surface area contributed by atoms with Gasteiger partial charge >= 0.3 is 12.3 Å². The molecule has 0 saturated carbocycles. The van der Waals surface area contributed by atoms with Crippen LogP contribution in [0, 0.1) is 0 Å². The first-order valence-electron chi connectivity index (χ1n) is 12.0. The van der Waals surface area contributed by atoms with Crippen LogP contribution >= 0.6 is 0 Å². The highest BCUT2D eigenvalue weighted by atomic mass is 19.4. The van der Waals surface area contributed by atoms with Gasteiger partial charge < -0.3 is 29.4 Å². The molecule has 0 bridgehead atoms. The number of nitrogens with zero attached hydrogens (tertiary/aromatic N) is 3. The first-order valence-corrected chi connectivity index (χ1v) is 12.0. The zero-order valence-electron chi connectivity index (χ0n) is 21.2. The number of halogens is 4. The van der Waals surface area contributed by atoms with Gasteiger partial charge in [-0.25, -0.2) is 9.18 Å². The van der Waals surface area contributed by atoms with Gasteiger partial charge in [-0.2, -0.15) is 13.2 Å². The van der Waals surface area contributed by atoms with E-state index in [2.05, 4.69) is 15.8 Å². The molecule has 0 radical (unpaired) electrons. The summed E-state index contributed by atoms with van der Waals surface area (Å²) in [5.41, 5.74) is 0.560. The molecule has 0 spiro atoms. The number of alkyl carbamates (subject to hydrolysis) is 1. The molecular formula is C25H31F4N5O3. The molecule has 3 aromatic rings. The van der Waals surface area contributed by atoms with Gasteiger partial charge in [-0.15, -0.1) is 0 Å². The van der Waals surface area contributed by atoms with Crippen molar-refractivity contribution in [2.45, 2.75) is 64.3 Å². The fraction of sp³-hybridized carbons (Fsp3) is 0.520. The lowest BCUT2D eigenvalue weighted by atomic mass is 10.0. The second-order valence-electron chi connectivity index (χ2n) is 10.3. The number of fused-ring (bicyclic) bond motifs is 1. The number of carbonyl (C=O) groups excluding carboxylic acids is 1. The number of amides is 1. The minimum atomic E-state index is -4.49.